The molecule has 1 aliphatic rings. The molecule has 0 saturated carbocycles. The summed E-state index contributed by atoms with van der Waals surface area (Å²) < 4.78 is 0. The Morgan fingerprint density at radius 1 is 1.23 bits per heavy atom. The highest BCUT2D eigenvalue weighted by Crippen LogP contribution is 2.30. The number of rotatable bonds is 4. The first-order chi connectivity index (χ1) is 12.6. The number of thiophene rings is 1. The molecule has 134 valence electrons. The second kappa shape index (κ2) is 8.21. The van der Waals surface area contributed by atoms with E-state index in [2.05, 4.69) is 10.2 Å². The van der Waals surface area contributed by atoms with Crippen molar-refractivity contribution in [2.24, 2.45) is 0 Å². The molecule has 1 aliphatic heterocycles. The lowest BCUT2D eigenvalue weighted by molar-refractivity contribution is -0.115. The molecule has 0 unspecified atom stereocenters. The maximum Gasteiger partial charge on any atom is 0.264 e. The molecule has 2 amide bonds. The van der Waals surface area contributed by atoms with Crippen LogP contribution >= 0.6 is 22.9 Å². The molecule has 2 heterocycles. The number of nitrogens with zero attached hydrogens (tertiary/aromatic N) is 3. The second-order valence-corrected chi connectivity index (χ2v) is 7.16. The van der Waals surface area contributed by atoms with Gasteiger partial charge in [-0.2, -0.15) is 5.26 Å². The third-order valence-corrected chi connectivity index (χ3v) is 5.27. The lowest BCUT2D eigenvalue weighted by Gasteiger charge is -2.36. The van der Waals surface area contributed by atoms with Crippen LogP contribution in [0.2, 0.25) is 5.02 Å². The first-order valence-electron chi connectivity index (χ1n) is 8.12. The van der Waals surface area contributed by atoms with E-state index in [0.717, 1.165) is 10.6 Å². The van der Waals surface area contributed by atoms with Crippen molar-refractivity contribution in [2.75, 3.05) is 36.4 Å². The summed E-state index contributed by atoms with van der Waals surface area (Å²) in [6.07, 6.45) is -0.195. The van der Waals surface area contributed by atoms with Gasteiger partial charge < -0.3 is 15.1 Å². The Morgan fingerprint density at radius 3 is 2.62 bits per heavy atom. The first kappa shape index (κ1) is 18.2. The highest BCUT2D eigenvalue weighted by molar-refractivity contribution is 7.12. The first-order valence-corrected chi connectivity index (χ1v) is 9.38. The van der Waals surface area contributed by atoms with Gasteiger partial charge in [-0.15, -0.1) is 11.3 Å². The van der Waals surface area contributed by atoms with E-state index in [4.69, 9.17) is 16.9 Å². The predicted molar refractivity (Wildman–Crippen MR) is 103 cm³/mol. The van der Waals surface area contributed by atoms with Crippen molar-refractivity contribution >= 4 is 46.1 Å². The van der Waals surface area contributed by atoms with Crippen LogP contribution in [0.25, 0.3) is 0 Å². The maximum absolute atomic E-state index is 12.4. The van der Waals surface area contributed by atoms with Crippen LogP contribution in [0.4, 0.5) is 11.4 Å². The Kier molecular flexibility index (Phi) is 5.76. The number of anilines is 2. The Morgan fingerprint density at radius 2 is 2.00 bits per heavy atom. The Hall–Kier alpha value is -2.56. The molecular weight excluding hydrogens is 372 g/mol. The van der Waals surface area contributed by atoms with Gasteiger partial charge in [0.25, 0.3) is 5.91 Å². The molecule has 0 spiro atoms. The molecule has 1 aromatic carbocycles. The molecule has 0 aliphatic carbocycles. The Balaban J connectivity index is 1.61. The van der Waals surface area contributed by atoms with Crippen molar-refractivity contribution in [3.63, 3.8) is 0 Å². The highest BCUT2D eigenvalue weighted by atomic mass is 35.5. The van der Waals surface area contributed by atoms with Gasteiger partial charge in [0, 0.05) is 31.9 Å². The number of nitrogens with one attached hydrogen (secondary N) is 1. The number of nitriles is 1. The van der Waals surface area contributed by atoms with E-state index >= 15 is 0 Å². The van der Waals surface area contributed by atoms with E-state index in [1.807, 2.05) is 28.5 Å². The fourth-order valence-corrected chi connectivity index (χ4v) is 3.82. The average molecular weight is 389 g/mol. The van der Waals surface area contributed by atoms with E-state index in [1.165, 1.54) is 11.3 Å². The van der Waals surface area contributed by atoms with Crippen molar-refractivity contribution in [3.8, 4) is 6.07 Å². The summed E-state index contributed by atoms with van der Waals surface area (Å²) in [5.41, 5.74) is 1.43. The molecule has 0 radical (unpaired) electrons. The van der Waals surface area contributed by atoms with Crippen LogP contribution in [0.5, 0.6) is 0 Å². The normalized spacial score (nSPS) is 14.0. The summed E-state index contributed by atoms with van der Waals surface area (Å²) in [5, 5.41) is 13.6. The minimum atomic E-state index is -0.364. The lowest BCUT2D eigenvalue weighted by Crippen LogP contribution is -2.48. The van der Waals surface area contributed by atoms with Gasteiger partial charge in [-0.1, -0.05) is 17.7 Å². The second-order valence-electron chi connectivity index (χ2n) is 5.81. The molecule has 2 aromatic rings. The summed E-state index contributed by atoms with van der Waals surface area (Å²) in [6, 6.07) is 10.8. The molecule has 6 nitrogen and oxygen atoms in total. The number of benzene rings is 1. The zero-order chi connectivity index (χ0) is 18.5. The molecule has 26 heavy (non-hydrogen) atoms. The van der Waals surface area contributed by atoms with Crippen LogP contribution in [0.15, 0.2) is 35.7 Å². The quantitative estimate of drug-likeness (QED) is 0.872. The third-order valence-electron chi connectivity index (χ3n) is 4.11. The molecule has 8 heteroatoms. The molecule has 1 saturated heterocycles. The summed E-state index contributed by atoms with van der Waals surface area (Å²) >= 11 is 7.82. The summed E-state index contributed by atoms with van der Waals surface area (Å²) in [4.78, 5) is 28.6. The fourth-order valence-electron chi connectivity index (χ4n) is 2.82. The van der Waals surface area contributed by atoms with Gasteiger partial charge >= 0.3 is 0 Å². The predicted octanol–water partition coefficient (Wildman–Crippen LogP) is 3.22. The van der Waals surface area contributed by atoms with Crippen molar-refractivity contribution in [1.82, 2.24) is 4.90 Å². The number of piperazine rings is 1. The summed E-state index contributed by atoms with van der Waals surface area (Å²) in [6.45, 7) is 2.65. The molecule has 0 bridgehead atoms. The fraction of sp³-hybridized carbons (Fsp3) is 0.278. The van der Waals surface area contributed by atoms with Crippen LogP contribution in [0.3, 0.4) is 0 Å². The minimum Gasteiger partial charge on any atom is -0.367 e. The van der Waals surface area contributed by atoms with E-state index in [1.54, 1.807) is 18.2 Å². The molecule has 1 aromatic heterocycles. The number of amides is 2. The average Bonchev–Trinajstić information content (AvgIpc) is 3.16. The zero-order valence-electron chi connectivity index (χ0n) is 13.9. The Labute approximate surface area is 160 Å². The summed E-state index contributed by atoms with van der Waals surface area (Å²) in [5.74, 6) is -0.293. The SMILES string of the molecule is N#CCC(=O)Nc1ccc(N2CCN(C(=O)c3cccs3)CC2)c(Cl)c1. The van der Waals surface area contributed by atoms with E-state index in [-0.39, 0.29) is 18.2 Å². The molecule has 3 rings (SSSR count). The van der Waals surface area contributed by atoms with Gasteiger partial charge in [-0.25, -0.2) is 0 Å². The van der Waals surface area contributed by atoms with Gasteiger partial charge in [0.15, 0.2) is 0 Å². The number of carbonyl (C=O) groups excluding carboxylic acids is 2. The van der Waals surface area contributed by atoms with Crippen molar-refractivity contribution in [2.45, 2.75) is 6.42 Å². The largest absolute Gasteiger partial charge is 0.367 e. The van der Waals surface area contributed by atoms with Crippen molar-refractivity contribution in [3.05, 3.63) is 45.6 Å². The van der Waals surface area contributed by atoms with E-state index < -0.39 is 0 Å². The van der Waals surface area contributed by atoms with E-state index in [0.29, 0.717) is 36.9 Å². The standard InChI is InChI=1S/C18H17ClN4O2S/c19-14-12-13(21-17(24)5-6-20)3-4-15(14)22-7-9-23(10-8-22)18(25)16-2-1-11-26-16/h1-4,11-12H,5,7-10H2,(H,21,24). The monoisotopic (exact) mass is 388 g/mol. The van der Waals surface area contributed by atoms with Crippen molar-refractivity contribution < 1.29 is 9.59 Å². The van der Waals surface area contributed by atoms with E-state index in [9.17, 15) is 9.59 Å². The van der Waals surface area contributed by atoms with Crippen LogP contribution in [0, 0.1) is 11.3 Å². The number of halogens is 1. The van der Waals surface area contributed by atoms with Gasteiger partial charge in [0.05, 0.1) is 21.7 Å². The zero-order valence-corrected chi connectivity index (χ0v) is 15.5. The Bertz CT molecular complexity index is 839. The topological polar surface area (TPSA) is 76.4 Å². The van der Waals surface area contributed by atoms with Crippen LogP contribution in [0.1, 0.15) is 16.1 Å². The van der Waals surface area contributed by atoms with Gasteiger partial charge in [-0.3, -0.25) is 9.59 Å². The summed E-state index contributed by atoms with van der Waals surface area (Å²) in [7, 11) is 0. The maximum atomic E-state index is 12.4. The van der Waals surface area contributed by atoms with Gasteiger partial charge in [0.1, 0.15) is 6.42 Å². The van der Waals surface area contributed by atoms with Gasteiger partial charge in [0.2, 0.25) is 5.91 Å². The van der Waals surface area contributed by atoms with Crippen LogP contribution in [-0.4, -0.2) is 42.9 Å². The molecule has 0 atom stereocenters. The lowest BCUT2D eigenvalue weighted by atomic mass is 10.2. The third kappa shape index (κ3) is 4.15. The van der Waals surface area contributed by atoms with Crippen LogP contribution < -0.4 is 10.2 Å². The minimum absolute atomic E-state index is 0.0706. The smallest absolute Gasteiger partial charge is 0.264 e. The molecular formula is C18H17ClN4O2S. The van der Waals surface area contributed by atoms with Crippen molar-refractivity contribution in [1.29, 1.82) is 5.26 Å². The number of hydrogen-bond donors (Lipinski definition) is 1. The molecule has 1 fully saturated rings. The van der Waals surface area contributed by atoms with Gasteiger partial charge in [-0.05, 0) is 29.6 Å². The van der Waals surface area contributed by atoms with Crippen LogP contribution in [-0.2, 0) is 4.79 Å². The number of carbonyl (C=O) groups is 2. The highest BCUT2D eigenvalue weighted by Gasteiger charge is 2.23. The number of hydrogen-bond acceptors (Lipinski definition) is 5. The molecule has 1 N–H and O–H groups in total.